The molecule has 0 unspecified atom stereocenters. The number of carbonyl (C=O) groups excluding carboxylic acids is 1. The molecule has 0 fully saturated rings. The summed E-state index contributed by atoms with van der Waals surface area (Å²) >= 11 is 8.79. The molecule has 1 rings (SSSR count). The second-order valence-corrected chi connectivity index (χ2v) is 4.64. The van der Waals surface area contributed by atoms with Crippen LogP contribution in [0, 0.1) is 0 Å². The van der Waals surface area contributed by atoms with E-state index in [1.165, 1.54) is 6.92 Å². The molecule has 3 nitrogen and oxygen atoms in total. The fourth-order valence-corrected chi connectivity index (χ4v) is 1.74. The molecule has 0 saturated heterocycles. The minimum absolute atomic E-state index is 0.0250. The average molecular weight is 322 g/mol. The van der Waals surface area contributed by atoms with Crippen LogP contribution in [0.4, 0.5) is 0 Å². The van der Waals surface area contributed by atoms with E-state index < -0.39 is 0 Å². The number of halogens is 2. The molecular weight excluding hydrogens is 307 g/mol. The highest BCUT2D eigenvalue weighted by molar-refractivity contribution is 9.10. The zero-order valence-corrected chi connectivity index (χ0v) is 11.9. The van der Waals surface area contributed by atoms with Gasteiger partial charge in [0.25, 0.3) is 0 Å². The zero-order valence-electron chi connectivity index (χ0n) is 9.54. The lowest BCUT2D eigenvalue weighted by molar-refractivity contribution is 0.0992. The second-order valence-electron chi connectivity index (χ2n) is 3.35. The van der Waals surface area contributed by atoms with Crippen molar-refractivity contribution in [1.29, 1.82) is 0 Å². The van der Waals surface area contributed by atoms with Gasteiger partial charge in [0, 0.05) is 10.4 Å². The van der Waals surface area contributed by atoms with Crippen molar-refractivity contribution in [2.24, 2.45) is 0 Å². The average Bonchev–Trinajstić information content (AvgIpc) is 2.30. The van der Waals surface area contributed by atoms with Gasteiger partial charge in [0.1, 0.15) is 12.4 Å². The van der Waals surface area contributed by atoms with E-state index >= 15 is 0 Å². The number of ketones is 1. The van der Waals surface area contributed by atoms with Gasteiger partial charge in [0.15, 0.2) is 5.78 Å². The summed E-state index contributed by atoms with van der Waals surface area (Å²) in [5.74, 6) is 1.02. The van der Waals surface area contributed by atoms with Crippen molar-refractivity contribution in [3.8, 4) is 5.75 Å². The van der Waals surface area contributed by atoms with Crippen LogP contribution in [0.5, 0.6) is 5.75 Å². The standard InChI is InChI=1S/C12H14BrClO3/c1-9(15)11-8-10(13)2-3-12(11)17-7-6-16-5-4-14/h2-3,8H,4-7H2,1H3. The number of Topliss-reactive ketones (excluding diaryl/α,β-unsaturated/α-hetero) is 1. The van der Waals surface area contributed by atoms with Crippen molar-refractivity contribution in [3.63, 3.8) is 0 Å². The quantitative estimate of drug-likeness (QED) is 0.439. The fourth-order valence-electron chi connectivity index (χ4n) is 1.27. The first-order valence-corrected chi connectivity index (χ1v) is 6.55. The molecule has 94 valence electrons. The summed E-state index contributed by atoms with van der Waals surface area (Å²) in [7, 11) is 0. The first-order chi connectivity index (χ1) is 8.15. The number of hydrogen-bond acceptors (Lipinski definition) is 3. The lowest BCUT2D eigenvalue weighted by Gasteiger charge is -2.10. The number of benzene rings is 1. The summed E-state index contributed by atoms with van der Waals surface area (Å²) in [6, 6.07) is 5.35. The Kier molecular flexibility index (Phi) is 6.55. The van der Waals surface area contributed by atoms with E-state index in [-0.39, 0.29) is 5.78 Å². The lowest BCUT2D eigenvalue weighted by Crippen LogP contribution is -2.09. The Morgan fingerprint density at radius 2 is 2.12 bits per heavy atom. The van der Waals surface area contributed by atoms with Crippen LogP contribution in [0.3, 0.4) is 0 Å². The molecule has 0 aromatic heterocycles. The molecule has 17 heavy (non-hydrogen) atoms. The molecule has 0 radical (unpaired) electrons. The molecule has 0 aliphatic carbocycles. The van der Waals surface area contributed by atoms with Gasteiger partial charge in [-0.05, 0) is 25.1 Å². The highest BCUT2D eigenvalue weighted by Crippen LogP contribution is 2.23. The first-order valence-electron chi connectivity index (χ1n) is 5.22. The highest BCUT2D eigenvalue weighted by Gasteiger charge is 2.08. The number of alkyl halides is 1. The minimum Gasteiger partial charge on any atom is -0.490 e. The molecule has 0 spiro atoms. The van der Waals surface area contributed by atoms with Gasteiger partial charge in [-0.3, -0.25) is 4.79 Å². The van der Waals surface area contributed by atoms with Gasteiger partial charge in [-0.1, -0.05) is 15.9 Å². The van der Waals surface area contributed by atoms with Gasteiger partial charge in [-0.2, -0.15) is 0 Å². The van der Waals surface area contributed by atoms with Crippen molar-refractivity contribution in [3.05, 3.63) is 28.2 Å². The van der Waals surface area contributed by atoms with Crippen LogP contribution < -0.4 is 4.74 Å². The van der Waals surface area contributed by atoms with Crippen molar-refractivity contribution >= 4 is 33.3 Å². The van der Waals surface area contributed by atoms with E-state index in [2.05, 4.69) is 15.9 Å². The third-order valence-electron chi connectivity index (χ3n) is 2.03. The monoisotopic (exact) mass is 320 g/mol. The molecule has 0 bridgehead atoms. The second kappa shape index (κ2) is 7.69. The topological polar surface area (TPSA) is 35.5 Å². The molecule has 1 aromatic carbocycles. The molecule has 0 heterocycles. The Labute approximate surface area is 114 Å². The van der Waals surface area contributed by atoms with Crippen LogP contribution in [-0.4, -0.2) is 31.5 Å². The number of carbonyl (C=O) groups is 1. The van der Waals surface area contributed by atoms with Gasteiger partial charge in [-0.25, -0.2) is 0 Å². The summed E-state index contributed by atoms with van der Waals surface area (Å²) in [4.78, 5) is 11.4. The first kappa shape index (κ1) is 14.5. The van der Waals surface area contributed by atoms with Crippen LogP contribution >= 0.6 is 27.5 Å². The largest absolute Gasteiger partial charge is 0.490 e. The predicted molar refractivity (Wildman–Crippen MR) is 71.2 cm³/mol. The van der Waals surface area contributed by atoms with Crippen molar-refractivity contribution in [1.82, 2.24) is 0 Å². The van der Waals surface area contributed by atoms with Gasteiger partial charge >= 0.3 is 0 Å². The predicted octanol–water partition coefficient (Wildman–Crippen LogP) is 3.29. The van der Waals surface area contributed by atoms with E-state index in [0.29, 0.717) is 37.0 Å². The van der Waals surface area contributed by atoms with E-state index in [4.69, 9.17) is 21.1 Å². The molecule has 0 amide bonds. The Morgan fingerprint density at radius 1 is 1.35 bits per heavy atom. The summed E-state index contributed by atoms with van der Waals surface area (Å²) in [6.07, 6.45) is 0. The molecule has 5 heteroatoms. The van der Waals surface area contributed by atoms with Gasteiger partial charge < -0.3 is 9.47 Å². The van der Waals surface area contributed by atoms with Crippen LogP contribution in [-0.2, 0) is 4.74 Å². The summed E-state index contributed by atoms with van der Waals surface area (Å²) in [5.41, 5.74) is 0.566. The van der Waals surface area contributed by atoms with Crippen molar-refractivity contribution in [2.45, 2.75) is 6.92 Å². The lowest BCUT2D eigenvalue weighted by atomic mass is 10.1. The summed E-state index contributed by atoms with van der Waals surface area (Å²) in [5, 5.41) is 0. The van der Waals surface area contributed by atoms with Gasteiger partial charge in [0.05, 0.1) is 18.8 Å². The minimum atomic E-state index is -0.0250. The number of hydrogen-bond donors (Lipinski definition) is 0. The summed E-state index contributed by atoms with van der Waals surface area (Å²) < 4.78 is 11.5. The Balaban J connectivity index is 2.55. The Hall–Kier alpha value is -0.580. The number of rotatable bonds is 7. The molecule has 0 aliphatic heterocycles. The summed E-state index contributed by atoms with van der Waals surface area (Å²) in [6.45, 7) is 2.88. The molecule has 0 aliphatic rings. The van der Waals surface area contributed by atoms with E-state index in [1.54, 1.807) is 12.1 Å². The third-order valence-corrected chi connectivity index (χ3v) is 2.68. The third kappa shape index (κ3) is 5.06. The molecule has 0 N–H and O–H groups in total. The Bertz CT molecular complexity index is 382. The van der Waals surface area contributed by atoms with E-state index in [9.17, 15) is 4.79 Å². The van der Waals surface area contributed by atoms with Crippen LogP contribution in [0.2, 0.25) is 0 Å². The van der Waals surface area contributed by atoms with Gasteiger partial charge in [-0.15, -0.1) is 11.6 Å². The van der Waals surface area contributed by atoms with E-state index in [1.807, 2.05) is 6.07 Å². The molecule has 0 atom stereocenters. The maximum absolute atomic E-state index is 11.4. The van der Waals surface area contributed by atoms with Crippen LogP contribution in [0.1, 0.15) is 17.3 Å². The zero-order chi connectivity index (χ0) is 12.7. The van der Waals surface area contributed by atoms with E-state index in [0.717, 1.165) is 4.47 Å². The Morgan fingerprint density at radius 3 is 2.76 bits per heavy atom. The van der Waals surface area contributed by atoms with Crippen LogP contribution in [0.15, 0.2) is 22.7 Å². The fraction of sp³-hybridized carbons (Fsp3) is 0.417. The van der Waals surface area contributed by atoms with Crippen molar-refractivity contribution < 1.29 is 14.3 Å². The maximum atomic E-state index is 11.4. The normalized spacial score (nSPS) is 10.3. The van der Waals surface area contributed by atoms with Crippen molar-refractivity contribution in [2.75, 3.05) is 25.7 Å². The molecular formula is C12H14BrClO3. The van der Waals surface area contributed by atoms with Gasteiger partial charge in [0.2, 0.25) is 0 Å². The molecule has 1 aromatic rings. The highest BCUT2D eigenvalue weighted by atomic mass is 79.9. The molecule has 0 saturated carbocycles. The smallest absolute Gasteiger partial charge is 0.163 e. The maximum Gasteiger partial charge on any atom is 0.163 e. The number of ether oxygens (including phenoxy) is 2. The SMILES string of the molecule is CC(=O)c1cc(Br)ccc1OCCOCCCl. The van der Waals surface area contributed by atoms with Crippen LogP contribution in [0.25, 0.3) is 0 Å².